The Morgan fingerprint density at radius 3 is 2.88 bits per heavy atom. The molecule has 170 valence electrons. The van der Waals surface area contributed by atoms with Crippen molar-refractivity contribution in [1.82, 2.24) is 14.8 Å². The molecular weight excluding hydrogens is 404 g/mol. The molecule has 1 amide bonds. The first kappa shape index (κ1) is 21.1. The van der Waals surface area contributed by atoms with Crippen LogP contribution in [0, 0.1) is 12.8 Å². The highest BCUT2D eigenvalue weighted by Crippen LogP contribution is 2.38. The number of aryl methyl sites for hydroxylation is 1. The number of rotatable bonds is 6. The summed E-state index contributed by atoms with van der Waals surface area (Å²) < 4.78 is 11.4. The second-order valence-corrected chi connectivity index (χ2v) is 9.14. The van der Waals surface area contributed by atoms with Crippen molar-refractivity contribution in [2.24, 2.45) is 5.92 Å². The van der Waals surface area contributed by atoms with Crippen molar-refractivity contribution in [3.05, 3.63) is 47.7 Å². The molecule has 3 aliphatic heterocycles. The number of benzene rings is 1. The van der Waals surface area contributed by atoms with Gasteiger partial charge in [-0.1, -0.05) is 6.07 Å². The van der Waals surface area contributed by atoms with Gasteiger partial charge in [0.1, 0.15) is 19.0 Å². The van der Waals surface area contributed by atoms with Crippen LogP contribution in [0.15, 0.2) is 36.5 Å². The van der Waals surface area contributed by atoms with Crippen molar-refractivity contribution in [1.29, 1.82) is 0 Å². The molecule has 32 heavy (non-hydrogen) atoms. The summed E-state index contributed by atoms with van der Waals surface area (Å²) in [7, 11) is 0. The number of nitrogens with one attached hydrogen (secondary N) is 1. The monoisotopic (exact) mass is 436 g/mol. The first-order valence-electron chi connectivity index (χ1n) is 11.7. The topological polar surface area (TPSA) is 66.9 Å². The van der Waals surface area contributed by atoms with E-state index in [1.807, 2.05) is 18.3 Å². The van der Waals surface area contributed by atoms with E-state index in [9.17, 15) is 4.79 Å². The highest BCUT2D eigenvalue weighted by molar-refractivity contribution is 5.79. The average Bonchev–Trinajstić information content (AvgIpc) is 3.47. The lowest BCUT2D eigenvalue weighted by Gasteiger charge is -2.28. The Balaban J connectivity index is 1.15. The molecule has 2 atom stereocenters. The maximum Gasteiger partial charge on any atom is 0.237 e. The minimum atomic E-state index is 0.130. The maximum atomic E-state index is 13.2. The molecular formula is C25H32N4O3. The lowest BCUT2D eigenvalue weighted by Crippen LogP contribution is -2.39. The van der Waals surface area contributed by atoms with E-state index in [1.54, 1.807) is 0 Å². The van der Waals surface area contributed by atoms with Gasteiger partial charge in [-0.15, -0.1) is 0 Å². The fourth-order valence-electron chi connectivity index (χ4n) is 5.07. The minimum Gasteiger partial charge on any atom is -0.486 e. The van der Waals surface area contributed by atoms with Gasteiger partial charge in [0.25, 0.3) is 0 Å². The van der Waals surface area contributed by atoms with E-state index in [0.717, 1.165) is 68.3 Å². The smallest absolute Gasteiger partial charge is 0.237 e. The van der Waals surface area contributed by atoms with Gasteiger partial charge in [0.2, 0.25) is 5.91 Å². The maximum absolute atomic E-state index is 13.2. The van der Waals surface area contributed by atoms with E-state index < -0.39 is 0 Å². The highest BCUT2D eigenvalue weighted by atomic mass is 16.6. The van der Waals surface area contributed by atoms with Gasteiger partial charge >= 0.3 is 0 Å². The van der Waals surface area contributed by atoms with Crippen LogP contribution >= 0.6 is 0 Å². The van der Waals surface area contributed by atoms with Crippen LogP contribution < -0.4 is 14.8 Å². The van der Waals surface area contributed by atoms with Crippen LogP contribution in [0.25, 0.3) is 0 Å². The van der Waals surface area contributed by atoms with Crippen LogP contribution in [-0.4, -0.2) is 66.6 Å². The Labute approximate surface area is 189 Å². The molecule has 1 N–H and O–H groups in total. The molecule has 0 aliphatic carbocycles. The average molecular weight is 437 g/mol. The number of aromatic nitrogens is 1. The van der Waals surface area contributed by atoms with Crippen molar-refractivity contribution in [3.8, 4) is 11.5 Å². The van der Waals surface area contributed by atoms with Crippen LogP contribution in [0.4, 0.5) is 5.82 Å². The Morgan fingerprint density at radius 2 is 2.00 bits per heavy atom. The predicted octanol–water partition coefficient (Wildman–Crippen LogP) is 3.26. The SMILES string of the molecule is Cc1ccnc(NCC2CCN(CC(=O)N3CCCC3c3ccc4c(c3)OCCO4)C2)c1. The van der Waals surface area contributed by atoms with Gasteiger partial charge in [-0.05, 0) is 74.0 Å². The van der Waals surface area contributed by atoms with Crippen LogP contribution in [0.1, 0.15) is 36.4 Å². The highest BCUT2D eigenvalue weighted by Gasteiger charge is 2.33. The van der Waals surface area contributed by atoms with Crippen molar-refractivity contribution in [2.45, 2.75) is 32.2 Å². The third-order valence-corrected chi connectivity index (χ3v) is 6.74. The van der Waals surface area contributed by atoms with Gasteiger partial charge in [0, 0.05) is 25.8 Å². The summed E-state index contributed by atoms with van der Waals surface area (Å²) in [6.45, 7) is 7.39. The fourth-order valence-corrected chi connectivity index (χ4v) is 5.07. The Morgan fingerprint density at radius 1 is 1.12 bits per heavy atom. The number of carbonyl (C=O) groups is 1. The number of anilines is 1. The van der Waals surface area contributed by atoms with E-state index in [4.69, 9.17) is 9.47 Å². The molecule has 2 unspecified atom stereocenters. The lowest BCUT2D eigenvalue weighted by molar-refractivity contribution is -0.133. The van der Waals surface area contributed by atoms with E-state index in [-0.39, 0.29) is 11.9 Å². The number of ether oxygens (including phenoxy) is 2. The quantitative estimate of drug-likeness (QED) is 0.750. The summed E-state index contributed by atoms with van der Waals surface area (Å²) in [6.07, 6.45) is 4.99. The molecule has 4 heterocycles. The molecule has 3 aliphatic rings. The lowest BCUT2D eigenvalue weighted by atomic mass is 10.0. The van der Waals surface area contributed by atoms with E-state index in [1.165, 1.54) is 5.56 Å². The van der Waals surface area contributed by atoms with Gasteiger partial charge in [0.15, 0.2) is 11.5 Å². The van der Waals surface area contributed by atoms with E-state index >= 15 is 0 Å². The number of fused-ring (bicyclic) bond motifs is 1. The van der Waals surface area contributed by atoms with Crippen molar-refractivity contribution >= 4 is 11.7 Å². The zero-order valence-electron chi connectivity index (χ0n) is 18.8. The van der Waals surface area contributed by atoms with Crippen molar-refractivity contribution < 1.29 is 14.3 Å². The molecule has 7 heteroatoms. The summed E-state index contributed by atoms with van der Waals surface area (Å²) in [5, 5.41) is 3.45. The molecule has 0 bridgehead atoms. The van der Waals surface area contributed by atoms with Crippen LogP contribution in [0.5, 0.6) is 11.5 Å². The molecule has 0 saturated carbocycles. The van der Waals surface area contributed by atoms with Gasteiger partial charge in [0.05, 0.1) is 12.6 Å². The fraction of sp³-hybridized carbons (Fsp3) is 0.520. The van der Waals surface area contributed by atoms with Gasteiger partial charge in [-0.2, -0.15) is 0 Å². The van der Waals surface area contributed by atoms with Crippen molar-refractivity contribution in [3.63, 3.8) is 0 Å². The van der Waals surface area contributed by atoms with Crippen LogP contribution in [0.2, 0.25) is 0 Å². The first-order valence-corrected chi connectivity index (χ1v) is 11.7. The van der Waals surface area contributed by atoms with Gasteiger partial charge in [-0.25, -0.2) is 4.98 Å². The molecule has 2 saturated heterocycles. The summed E-state index contributed by atoms with van der Waals surface area (Å²) >= 11 is 0. The molecule has 0 radical (unpaired) electrons. The Bertz CT molecular complexity index is 966. The second-order valence-electron chi connectivity index (χ2n) is 9.14. The number of pyridine rings is 1. The third-order valence-electron chi connectivity index (χ3n) is 6.74. The van der Waals surface area contributed by atoms with E-state index in [2.05, 4.69) is 45.2 Å². The second kappa shape index (κ2) is 9.36. The number of nitrogens with zero attached hydrogens (tertiary/aromatic N) is 3. The Hall–Kier alpha value is -2.80. The number of hydrogen-bond acceptors (Lipinski definition) is 6. The number of hydrogen-bond donors (Lipinski definition) is 1. The van der Waals surface area contributed by atoms with Crippen LogP contribution in [-0.2, 0) is 4.79 Å². The Kier molecular flexibility index (Phi) is 6.17. The van der Waals surface area contributed by atoms with Gasteiger partial charge < -0.3 is 19.7 Å². The van der Waals surface area contributed by atoms with Crippen molar-refractivity contribution in [2.75, 3.05) is 51.3 Å². The number of carbonyl (C=O) groups excluding carboxylic acids is 1. The predicted molar refractivity (Wildman–Crippen MR) is 123 cm³/mol. The molecule has 1 aromatic heterocycles. The standard InChI is InChI=1S/C25H32N4O3/c1-18-6-8-26-24(13-18)27-15-19-7-10-28(16-19)17-25(30)29-9-2-3-21(29)20-4-5-22-23(14-20)32-12-11-31-22/h4-6,8,13-14,19,21H,2-3,7,9-12,15-17H2,1H3,(H,26,27). The molecule has 0 spiro atoms. The first-order chi connectivity index (χ1) is 15.7. The minimum absolute atomic E-state index is 0.130. The summed E-state index contributed by atoms with van der Waals surface area (Å²) in [5.41, 5.74) is 2.36. The third kappa shape index (κ3) is 4.67. The summed E-state index contributed by atoms with van der Waals surface area (Å²) in [4.78, 5) is 21.9. The molecule has 1 aromatic carbocycles. The normalized spacial score (nSPS) is 22.8. The molecule has 5 rings (SSSR count). The molecule has 2 aromatic rings. The summed E-state index contributed by atoms with van der Waals surface area (Å²) in [5.74, 6) is 3.30. The number of amides is 1. The van der Waals surface area contributed by atoms with Crippen LogP contribution in [0.3, 0.4) is 0 Å². The summed E-state index contributed by atoms with van der Waals surface area (Å²) in [6, 6.07) is 10.3. The molecule has 7 nitrogen and oxygen atoms in total. The van der Waals surface area contributed by atoms with Gasteiger partial charge in [-0.3, -0.25) is 9.69 Å². The van der Waals surface area contributed by atoms with E-state index in [0.29, 0.717) is 25.7 Å². The zero-order chi connectivity index (χ0) is 21.9. The number of likely N-dealkylation sites (tertiary alicyclic amines) is 2. The largest absolute Gasteiger partial charge is 0.486 e. The zero-order valence-corrected chi connectivity index (χ0v) is 18.8. The molecule has 2 fully saturated rings.